The first-order chi connectivity index (χ1) is 8.66. The molecule has 0 atom stereocenters. The van der Waals surface area contributed by atoms with Crippen molar-refractivity contribution in [2.24, 2.45) is 0 Å². The van der Waals surface area contributed by atoms with E-state index in [9.17, 15) is 0 Å². The van der Waals surface area contributed by atoms with Gasteiger partial charge in [-0.3, -0.25) is 0 Å². The zero-order valence-electron chi connectivity index (χ0n) is 11.2. The van der Waals surface area contributed by atoms with Gasteiger partial charge in [0.05, 0.1) is 0 Å². The highest BCUT2D eigenvalue weighted by molar-refractivity contribution is 8.00. The number of hydrogen-bond donors (Lipinski definition) is 1. The van der Waals surface area contributed by atoms with Gasteiger partial charge in [0.1, 0.15) is 0 Å². The van der Waals surface area contributed by atoms with E-state index < -0.39 is 0 Å². The predicted molar refractivity (Wildman–Crippen MR) is 81.5 cm³/mol. The van der Waals surface area contributed by atoms with Crippen LogP contribution in [0, 0.1) is 0 Å². The maximum Gasteiger partial charge on any atom is 0.0462 e. The van der Waals surface area contributed by atoms with Crippen LogP contribution in [-0.2, 0) is 6.54 Å². The Morgan fingerprint density at radius 2 is 2.06 bits per heavy atom. The van der Waals surface area contributed by atoms with E-state index >= 15 is 0 Å². The Morgan fingerprint density at radius 1 is 1.33 bits per heavy atom. The molecule has 0 bridgehead atoms. The molecule has 0 heterocycles. The SMILES string of the molecule is CC(C)NCc1c(Cl)cccc1SC1CCCC1. The molecule has 1 N–H and O–H groups in total. The van der Waals surface area contributed by atoms with Crippen molar-refractivity contribution < 1.29 is 0 Å². The summed E-state index contributed by atoms with van der Waals surface area (Å²) in [5.41, 5.74) is 1.27. The van der Waals surface area contributed by atoms with Crippen LogP contribution in [0.4, 0.5) is 0 Å². The molecule has 0 spiro atoms. The molecule has 0 aromatic heterocycles. The van der Waals surface area contributed by atoms with Gasteiger partial charge in [-0.05, 0) is 30.5 Å². The maximum absolute atomic E-state index is 6.34. The van der Waals surface area contributed by atoms with Crippen LogP contribution < -0.4 is 5.32 Å². The minimum Gasteiger partial charge on any atom is -0.310 e. The second-order valence-electron chi connectivity index (χ2n) is 5.28. The summed E-state index contributed by atoms with van der Waals surface area (Å²) in [6.07, 6.45) is 5.48. The Hall–Kier alpha value is -0.180. The van der Waals surface area contributed by atoms with E-state index in [0.29, 0.717) is 6.04 Å². The molecule has 100 valence electrons. The van der Waals surface area contributed by atoms with Gasteiger partial charge in [-0.1, -0.05) is 44.4 Å². The highest BCUT2D eigenvalue weighted by Gasteiger charge is 2.18. The lowest BCUT2D eigenvalue weighted by Gasteiger charge is -2.16. The normalized spacial score (nSPS) is 16.7. The molecule has 0 unspecified atom stereocenters. The van der Waals surface area contributed by atoms with Gasteiger partial charge in [-0.15, -0.1) is 11.8 Å². The van der Waals surface area contributed by atoms with Crippen molar-refractivity contribution in [2.45, 2.75) is 62.3 Å². The van der Waals surface area contributed by atoms with Gasteiger partial charge in [0.25, 0.3) is 0 Å². The third-order valence-electron chi connectivity index (χ3n) is 3.36. The molecule has 1 aromatic carbocycles. The second kappa shape index (κ2) is 6.83. The summed E-state index contributed by atoms with van der Waals surface area (Å²) in [5.74, 6) is 0. The zero-order valence-corrected chi connectivity index (χ0v) is 12.8. The summed E-state index contributed by atoms with van der Waals surface area (Å²) in [6, 6.07) is 6.77. The summed E-state index contributed by atoms with van der Waals surface area (Å²) in [6.45, 7) is 5.20. The Kier molecular flexibility index (Phi) is 5.40. The van der Waals surface area contributed by atoms with Crippen LogP contribution in [0.3, 0.4) is 0 Å². The summed E-state index contributed by atoms with van der Waals surface area (Å²) in [7, 11) is 0. The van der Waals surface area contributed by atoms with E-state index in [1.54, 1.807) is 0 Å². The number of hydrogen-bond acceptors (Lipinski definition) is 2. The Bertz CT molecular complexity index is 386. The van der Waals surface area contributed by atoms with Crippen LogP contribution in [0.15, 0.2) is 23.1 Å². The van der Waals surface area contributed by atoms with Crippen LogP contribution in [0.5, 0.6) is 0 Å². The average molecular weight is 284 g/mol. The molecule has 1 aliphatic carbocycles. The molecular weight excluding hydrogens is 262 g/mol. The number of thioether (sulfide) groups is 1. The van der Waals surface area contributed by atoms with Crippen LogP contribution in [0.1, 0.15) is 45.1 Å². The third kappa shape index (κ3) is 3.91. The van der Waals surface area contributed by atoms with E-state index in [-0.39, 0.29) is 0 Å². The highest BCUT2D eigenvalue weighted by atomic mass is 35.5. The van der Waals surface area contributed by atoms with Crippen LogP contribution in [-0.4, -0.2) is 11.3 Å². The monoisotopic (exact) mass is 283 g/mol. The fourth-order valence-corrected chi connectivity index (χ4v) is 4.02. The molecule has 0 radical (unpaired) electrons. The van der Waals surface area contributed by atoms with Crippen molar-refractivity contribution in [1.29, 1.82) is 0 Å². The fourth-order valence-electron chi connectivity index (χ4n) is 2.31. The van der Waals surface area contributed by atoms with Gasteiger partial charge < -0.3 is 5.32 Å². The lowest BCUT2D eigenvalue weighted by Crippen LogP contribution is -2.22. The van der Waals surface area contributed by atoms with Gasteiger partial charge in [-0.2, -0.15) is 0 Å². The first kappa shape index (κ1) is 14.2. The fraction of sp³-hybridized carbons (Fsp3) is 0.600. The van der Waals surface area contributed by atoms with Crippen molar-refractivity contribution >= 4 is 23.4 Å². The number of halogens is 1. The molecule has 3 heteroatoms. The molecular formula is C15H22ClNS. The molecule has 1 aliphatic rings. The second-order valence-corrected chi connectivity index (χ2v) is 7.03. The smallest absolute Gasteiger partial charge is 0.0462 e. The molecule has 1 nitrogen and oxygen atoms in total. The first-order valence-corrected chi connectivity index (χ1v) is 8.10. The largest absolute Gasteiger partial charge is 0.310 e. The van der Waals surface area contributed by atoms with E-state index in [1.165, 1.54) is 36.1 Å². The van der Waals surface area contributed by atoms with Crippen molar-refractivity contribution in [2.75, 3.05) is 0 Å². The molecule has 0 aliphatic heterocycles. The topological polar surface area (TPSA) is 12.0 Å². The maximum atomic E-state index is 6.34. The van der Waals surface area contributed by atoms with E-state index in [4.69, 9.17) is 11.6 Å². The molecule has 1 saturated carbocycles. The van der Waals surface area contributed by atoms with Gasteiger partial charge in [0.15, 0.2) is 0 Å². The molecule has 18 heavy (non-hydrogen) atoms. The van der Waals surface area contributed by atoms with Gasteiger partial charge in [-0.25, -0.2) is 0 Å². The van der Waals surface area contributed by atoms with Crippen molar-refractivity contribution in [3.8, 4) is 0 Å². The quantitative estimate of drug-likeness (QED) is 0.827. The minimum atomic E-state index is 0.491. The van der Waals surface area contributed by atoms with E-state index in [1.807, 2.05) is 17.8 Å². The van der Waals surface area contributed by atoms with Crippen molar-refractivity contribution in [3.05, 3.63) is 28.8 Å². The summed E-state index contributed by atoms with van der Waals surface area (Å²) in [5, 5.41) is 5.16. The van der Waals surface area contributed by atoms with Crippen LogP contribution in [0.25, 0.3) is 0 Å². The predicted octanol–water partition coefficient (Wildman–Crippen LogP) is 4.87. The molecule has 1 fully saturated rings. The summed E-state index contributed by atoms with van der Waals surface area (Å²) >= 11 is 8.36. The Morgan fingerprint density at radius 3 is 2.72 bits per heavy atom. The number of nitrogens with one attached hydrogen (secondary N) is 1. The molecule has 2 rings (SSSR count). The van der Waals surface area contributed by atoms with E-state index in [2.05, 4.69) is 31.3 Å². The summed E-state index contributed by atoms with van der Waals surface area (Å²) < 4.78 is 0. The summed E-state index contributed by atoms with van der Waals surface area (Å²) in [4.78, 5) is 1.36. The van der Waals surface area contributed by atoms with Crippen molar-refractivity contribution in [1.82, 2.24) is 5.32 Å². The lowest BCUT2D eigenvalue weighted by molar-refractivity contribution is 0.585. The van der Waals surface area contributed by atoms with E-state index in [0.717, 1.165) is 16.8 Å². The third-order valence-corrected chi connectivity index (χ3v) is 5.15. The first-order valence-electron chi connectivity index (χ1n) is 6.84. The van der Waals surface area contributed by atoms with Crippen molar-refractivity contribution in [3.63, 3.8) is 0 Å². The Balaban J connectivity index is 2.09. The Labute approximate surface area is 120 Å². The average Bonchev–Trinajstić information content (AvgIpc) is 2.81. The van der Waals surface area contributed by atoms with Gasteiger partial charge in [0, 0.05) is 27.8 Å². The standard InChI is InChI=1S/C15H22ClNS/c1-11(2)17-10-13-14(16)8-5-9-15(13)18-12-6-3-4-7-12/h5,8-9,11-12,17H,3-4,6-7,10H2,1-2H3. The van der Waals surface area contributed by atoms with Gasteiger partial charge >= 0.3 is 0 Å². The lowest BCUT2D eigenvalue weighted by atomic mass is 10.2. The van der Waals surface area contributed by atoms with Crippen LogP contribution in [0.2, 0.25) is 5.02 Å². The minimum absolute atomic E-state index is 0.491. The van der Waals surface area contributed by atoms with Gasteiger partial charge in [0.2, 0.25) is 0 Å². The molecule has 1 aromatic rings. The molecule has 0 amide bonds. The zero-order chi connectivity index (χ0) is 13.0. The number of rotatable bonds is 5. The van der Waals surface area contributed by atoms with Crippen LogP contribution >= 0.6 is 23.4 Å². The molecule has 0 saturated heterocycles. The highest BCUT2D eigenvalue weighted by Crippen LogP contribution is 2.38. The number of benzene rings is 1.